The van der Waals surface area contributed by atoms with Crippen LogP contribution in [-0.4, -0.2) is 28.6 Å². The van der Waals surface area contributed by atoms with E-state index >= 15 is 0 Å². The van der Waals surface area contributed by atoms with Gasteiger partial charge in [-0.15, -0.1) is 11.3 Å². The molecule has 0 aliphatic heterocycles. The Morgan fingerprint density at radius 1 is 1.21 bits per heavy atom. The molecule has 19 heavy (non-hydrogen) atoms. The molecule has 0 saturated carbocycles. The second-order valence-electron chi connectivity index (χ2n) is 3.77. The van der Waals surface area contributed by atoms with Crippen LogP contribution in [0, 0.1) is 0 Å². The largest absolute Gasteiger partial charge is 0.482 e. The summed E-state index contributed by atoms with van der Waals surface area (Å²) in [7, 11) is 3.17. The van der Waals surface area contributed by atoms with E-state index in [2.05, 4.69) is 25.9 Å². The second-order valence-corrected chi connectivity index (χ2v) is 5.59. The van der Waals surface area contributed by atoms with Crippen LogP contribution in [0.5, 0.6) is 11.8 Å². The van der Waals surface area contributed by atoms with Crippen LogP contribution in [0.1, 0.15) is 0 Å². The van der Waals surface area contributed by atoms with Gasteiger partial charge in [-0.1, -0.05) is 0 Å². The second kappa shape index (κ2) is 4.82. The number of hydrogen-bond donors (Lipinski definition) is 0. The van der Waals surface area contributed by atoms with Gasteiger partial charge in [0.2, 0.25) is 17.5 Å². The molecule has 3 aromatic rings. The van der Waals surface area contributed by atoms with Gasteiger partial charge >= 0.3 is 0 Å². The minimum absolute atomic E-state index is 0.480. The molecule has 0 spiro atoms. The number of nitrogens with zero attached hydrogens (tertiary/aromatic N) is 3. The Kier molecular flexibility index (Phi) is 3.16. The molecule has 0 atom stereocenters. The molecule has 0 aromatic carbocycles. The maximum atomic E-state index is 5.32. The molecule has 5 nitrogen and oxygen atoms in total. The maximum absolute atomic E-state index is 5.32. The van der Waals surface area contributed by atoms with E-state index in [1.807, 2.05) is 17.6 Å². The molecule has 0 aliphatic rings. The van der Waals surface area contributed by atoms with E-state index in [4.69, 9.17) is 9.47 Å². The lowest BCUT2D eigenvalue weighted by Crippen LogP contribution is -1.97. The van der Waals surface area contributed by atoms with Crippen molar-refractivity contribution in [1.82, 2.24) is 14.4 Å². The average Bonchev–Trinajstić information content (AvgIpc) is 3.02. The number of methoxy groups -OCH3 is 2. The number of imidazole rings is 1. The molecular weight excluding hydrogens is 330 g/mol. The fourth-order valence-corrected chi connectivity index (χ4v) is 3.13. The topological polar surface area (TPSA) is 48.7 Å². The zero-order valence-corrected chi connectivity index (χ0v) is 12.7. The van der Waals surface area contributed by atoms with Crippen LogP contribution in [0.25, 0.3) is 16.3 Å². The highest BCUT2D eigenvalue weighted by Crippen LogP contribution is 2.30. The third kappa shape index (κ3) is 2.19. The third-order valence-electron chi connectivity index (χ3n) is 2.62. The average molecular weight is 340 g/mol. The van der Waals surface area contributed by atoms with E-state index in [1.54, 1.807) is 36.0 Å². The number of fused-ring (bicyclic) bond motifs is 1. The van der Waals surface area contributed by atoms with Gasteiger partial charge in [0.05, 0.1) is 25.2 Å². The predicted molar refractivity (Wildman–Crippen MR) is 77.1 cm³/mol. The standard InChI is InChI=1S/C12H10BrN3O2S/c1-17-10-4-11(18-2)16-5-8(14-12(16)15-10)9-3-7(13)6-19-9/h3-6H,1-2H3. The summed E-state index contributed by atoms with van der Waals surface area (Å²) in [6.07, 6.45) is 1.90. The molecule has 7 heteroatoms. The lowest BCUT2D eigenvalue weighted by molar-refractivity contribution is 0.369. The first-order valence-electron chi connectivity index (χ1n) is 5.44. The summed E-state index contributed by atoms with van der Waals surface area (Å²) in [6.45, 7) is 0. The molecule has 3 rings (SSSR count). The van der Waals surface area contributed by atoms with Gasteiger partial charge in [-0.2, -0.15) is 4.98 Å². The molecule has 3 heterocycles. The quantitative estimate of drug-likeness (QED) is 0.734. The first kappa shape index (κ1) is 12.4. The van der Waals surface area contributed by atoms with Gasteiger partial charge in [0.15, 0.2) is 0 Å². The van der Waals surface area contributed by atoms with E-state index in [9.17, 15) is 0 Å². The van der Waals surface area contributed by atoms with Crippen molar-refractivity contribution in [3.05, 3.63) is 28.2 Å². The maximum Gasteiger partial charge on any atom is 0.240 e. The number of hydrogen-bond acceptors (Lipinski definition) is 5. The zero-order chi connectivity index (χ0) is 13.4. The Morgan fingerprint density at radius 3 is 2.68 bits per heavy atom. The normalized spacial score (nSPS) is 10.9. The molecular formula is C12H10BrN3O2S. The Bertz CT molecular complexity index is 738. The molecule has 0 N–H and O–H groups in total. The van der Waals surface area contributed by atoms with Gasteiger partial charge < -0.3 is 9.47 Å². The summed E-state index contributed by atoms with van der Waals surface area (Å²) in [4.78, 5) is 9.86. The first-order valence-corrected chi connectivity index (χ1v) is 7.11. The van der Waals surface area contributed by atoms with Crippen molar-refractivity contribution in [3.8, 4) is 22.3 Å². The number of aromatic nitrogens is 3. The highest BCUT2D eigenvalue weighted by Gasteiger charge is 2.12. The van der Waals surface area contributed by atoms with Gasteiger partial charge in [0.25, 0.3) is 0 Å². The Hall–Kier alpha value is -1.60. The fourth-order valence-electron chi connectivity index (χ4n) is 1.75. The zero-order valence-electron chi connectivity index (χ0n) is 10.3. The molecule has 0 bridgehead atoms. The van der Waals surface area contributed by atoms with Gasteiger partial charge in [0, 0.05) is 16.0 Å². The van der Waals surface area contributed by atoms with Crippen LogP contribution >= 0.6 is 27.3 Å². The number of ether oxygens (including phenoxy) is 2. The molecule has 0 aliphatic carbocycles. The van der Waals surface area contributed by atoms with Crippen LogP contribution in [0.4, 0.5) is 0 Å². The monoisotopic (exact) mass is 339 g/mol. The summed E-state index contributed by atoms with van der Waals surface area (Å²) >= 11 is 5.06. The van der Waals surface area contributed by atoms with Gasteiger partial charge in [-0.05, 0) is 22.0 Å². The summed E-state index contributed by atoms with van der Waals surface area (Å²) in [5.41, 5.74) is 0.856. The van der Waals surface area contributed by atoms with E-state index in [0.717, 1.165) is 15.0 Å². The first-order chi connectivity index (χ1) is 9.21. The number of thiophene rings is 1. The lowest BCUT2D eigenvalue weighted by atomic mass is 10.4. The predicted octanol–water partition coefficient (Wildman–Crippen LogP) is 3.24. The molecule has 0 unspecified atom stereocenters. The van der Waals surface area contributed by atoms with Gasteiger partial charge in [0.1, 0.15) is 5.69 Å². The number of rotatable bonds is 3. The van der Waals surface area contributed by atoms with Crippen LogP contribution in [0.3, 0.4) is 0 Å². The van der Waals surface area contributed by atoms with Gasteiger partial charge in [-0.3, -0.25) is 4.40 Å². The van der Waals surface area contributed by atoms with Crippen molar-refractivity contribution in [2.75, 3.05) is 14.2 Å². The van der Waals surface area contributed by atoms with Crippen molar-refractivity contribution < 1.29 is 9.47 Å². The molecule has 0 amide bonds. The minimum Gasteiger partial charge on any atom is -0.482 e. The molecule has 0 saturated heterocycles. The third-order valence-corrected chi connectivity index (χ3v) is 4.33. The van der Waals surface area contributed by atoms with Crippen LogP contribution in [0.15, 0.2) is 28.2 Å². The van der Waals surface area contributed by atoms with Crippen molar-refractivity contribution in [1.29, 1.82) is 0 Å². The van der Waals surface area contributed by atoms with E-state index in [0.29, 0.717) is 17.5 Å². The summed E-state index contributed by atoms with van der Waals surface area (Å²) in [5, 5.41) is 2.02. The SMILES string of the molecule is COc1cc(OC)n2cc(-c3cc(Br)cs3)nc2n1. The van der Waals surface area contributed by atoms with Crippen molar-refractivity contribution in [3.63, 3.8) is 0 Å². The number of halogens is 1. The fraction of sp³-hybridized carbons (Fsp3) is 0.167. The van der Waals surface area contributed by atoms with Gasteiger partial charge in [-0.25, -0.2) is 4.98 Å². The Balaban J connectivity index is 2.19. The summed E-state index contributed by atoms with van der Waals surface area (Å²) in [5.74, 6) is 1.67. The van der Waals surface area contributed by atoms with Crippen molar-refractivity contribution in [2.45, 2.75) is 0 Å². The summed E-state index contributed by atoms with van der Waals surface area (Å²) in [6, 6.07) is 3.75. The Labute approximate surface area is 122 Å². The Morgan fingerprint density at radius 2 is 2.05 bits per heavy atom. The smallest absolute Gasteiger partial charge is 0.240 e. The van der Waals surface area contributed by atoms with Crippen LogP contribution in [-0.2, 0) is 0 Å². The summed E-state index contributed by atoms with van der Waals surface area (Å²) < 4.78 is 13.3. The minimum atomic E-state index is 0.480. The van der Waals surface area contributed by atoms with Crippen molar-refractivity contribution >= 4 is 33.0 Å². The van der Waals surface area contributed by atoms with E-state index in [-0.39, 0.29) is 0 Å². The highest BCUT2D eigenvalue weighted by molar-refractivity contribution is 9.10. The van der Waals surface area contributed by atoms with Crippen LogP contribution in [0.2, 0.25) is 0 Å². The highest BCUT2D eigenvalue weighted by atomic mass is 79.9. The molecule has 98 valence electrons. The van der Waals surface area contributed by atoms with E-state index in [1.165, 1.54) is 0 Å². The lowest BCUT2D eigenvalue weighted by Gasteiger charge is -2.04. The van der Waals surface area contributed by atoms with Crippen LogP contribution < -0.4 is 9.47 Å². The van der Waals surface area contributed by atoms with Crippen molar-refractivity contribution in [2.24, 2.45) is 0 Å². The molecule has 0 radical (unpaired) electrons. The van der Waals surface area contributed by atoms with E-state index < -0.39 is 0 Å². The molecule has 3 aromatic heterocycles. The molecule has 0 fully saturated rings.